The van der Waals surface area contributed by atoms with Crippen molar-refractivity contribution in [1.82, 2.24) is 19.7 Å². The van der Waals surface area contributed by atoms with Crippen molar-refractivity contribution in [2.24, 2.45) is 11.7 Å². The number of hydrogen-bond acceptors (Lipinski definition) is 6. The van der Waals surface area contributed by atoms with E-state index in [1.54, 1.807) is 12.4 Å². The molecule has 2 aliphatic rings. The van der Waals surface area contributed by atoms with Crippen molar-refractivity contribution >= 4 is 44.2 Å². The Labute approximate surface area is 187 Å². The Bertz CT molecular complexity index is 1200. The van der Waals surface area contributed by atoms with E-state index in [1.807, 2.05) is 0 Å². The van der Waals surface area contributed by atoms with Crippen LogP contribution in [0.4, 0.5) is 11.4 Å². The number of carbonyl (C=O) groups is 1. The molecule has 1 aliphatic carbocycles. The molecule has 0 bridgehead atoms. The molecule has 0 radical (unpaired) electrons. The van der Waals surface area contributed by atoms with Gasteiger partial charge in [-0.1, -0.05) is 0 Å². The standard InChI is InChI=1S/C21H24BrN7O2/c22-14-8-24-20-18(19(14)28-7-1-2-13(23)11-28)16(9-25-20)26-21(31)15-5-6-17(30)29(27-15)10-12-3-4-12/h5-6,8-9,12-13H,1-4,7,10-11,23H2,(H,24,25)(H,26,31)/t13-/m1/s1. The predicted octanol–water partition coefficient (Wildman–Crippen LogP) is 2.47. The summed E-state index contributed by atoms with van der Waals surface area (Å²) in [5.41, 5.74) is 8.48. The lowest BCUT2D eigenvalue weighted by Gasteiger charge is -2.33. The third-order valence-corrected chi connectivity index (χ3v) is 6.46. The minimum atomic E-state index is -0.369. The summed E-state index contributed by atoms with van der Waals surface area (Å²) >= 11 is 3.63. The van der Waals surface area contributed by atoms with Gasteiger partial charge in [-0.3, -0.25) is 9.59 Å². The largest absolute Gasteiger partial charge is 0.368 e. The highest BCUT2D eigenvalue weighted by molar-refractivity contribution is 9.10. The topological polar surface area (TPSA) is 122 Å². The first-order valence-electron chi connectivity index (χ1n) is 10.5. The molecule has 4 N–H and O–H groups in total. The zero-order chi connectivity index (χ0) is 21.5. The van der Waals surface area contributed by atoms with Crippen LogP contribution in [0.25, 0.3) is 11.0 Å². The van der Waals surface area contributed by atoms with E-state index in [-0.39, 0.29) is 23.2 Å². The van der Waals surface area contributed by atoms with E-state index in [0.29, 0.717) is 23.8 Å². The van der Waals surface area contributed by atoms with Crippen LogP contribution in [0.15, 0.2) is 33.8 Å². The average Bonchev–Trinajstić information content (AvgIpc) is 3.48. The van der Waals surface area contributed by atoms with Crippen molar-refractivity contribution in [3.63, 3.8) is 0 Å². The second-order valence-electron chi connectivity index (χ2n) is 8.37. The molecule has 1 aliphatic heterocycles. The number of rotatable bonds is 5. The Hall–Kier alpha value is -2.72. The van der Waals surface area contributed by atoms with Gasteiger partial charge in [0.25, 0.3) is 11.5 Å². The molecule has 1 saturated heterocycles. The van der Waals surface area contributed by atoms with Crippen molar-refractivity contribution in [3.05, 3.63) is 45.0 Å². The normalized spacial score (nSPS) is 19.0. The molecule has 3 aromatic heterocycles. The van der Waals surface area contributed by atoms with E-state index in [9.17, 15) is 9.59 Å². The highest BCUT2D eigenvalue weighted by atomic mass is 79.9. The summed E-state index contributed by atoms with van der Waals surface area (Å²) in [5.74, 6) is 0.116. The lowest BCUT2D eigenvalue weighted by Crippen LogP contribution is -2.43. The van der Waals surface area contributed by atoms with Gasteiger partial charge in [-0.2, -0.15) is 5.10 Å². The third-order valence-electron chi connectivity index (χ3n) is 5.88. The van der Waals surface area contributed by atoms with Crippen LogP contribution in [0.3, 0.4) is 0 Å². The van der Waals surface area contributed by atoms with Crippen molar-refractivity contribution in [2.75, 3.05) is 23.3 Å². The molecule has 162 valence electrons. The number of halogens is 1. The number of carbonyl (C=O) groups excluding carboxylic acids is 1. The van der Waals surface area contributed by atoms with Crippen molar-refractivity contribution in [3.8, 4) is 0 Å². The number of aromatic amines is 1. The van der Waals surface area contributed by atoms with Gasteiger partial charge in [-0.15, -0.1) is 0 Å². The molecule has 31 heavy (non-hydrogen) atoms. The lowest BCUT2D eigenvalue weighted by atomic mass is 10.1. The molecule has 0 unspecified atom stereocenters. The highest BCUT2D eigenvalue weighted by Crippen LogP contribution is 2.39. The Morgan fingerprint density at radius 1 is 1.32 bits per heavy atom. The zero-order valence-electron chi connectivity index (χ0n) is 17.0. The molecule has 1 amide bonds. The van der Waals surface area contributed by atoms with E-state index < -0.39 is 0 Å². The fraction of sp³-hybridized carbons (Fsp3) is 0.429. The molecule has 3 aromatic rings. The average molecular weight is 486 g/mol. The van der Waals surface area contributed by atoms with Crippen LogP contribution in [0.1, 0.15) is 36.2 Å². The van der Waals surface area contributed by atoms with Crippen LogP contribution < -0.4 is 21.5 Å². The lowest BCUT2D eigenvalue weighted by molar-refractivity contribution is 0.102. The molecular weight excluding hydrogens is 462 g/mol. The minimum absolute atomic E-state index is 0.109. The highest BCUT2D eigenvalue weighted by Gasteiger charge is 2.25. The molecule has 4 heterocycles. The predicted molar refractivity (Wildman–Crippen MR) is 122 cm³/mol. The van der Waals surface area contributed by atoms with Crippen LogP contribution in [-0.2, 0) is 6.54 Å². The Kier molecular flexibility index (Phi) is 5.27. The first kappa shape index (κ1) is 20.2. The van der Waals surface area contributed by atoms with Gasteiger partial charge in [0.15, 0.2) is 0 Å². The summed E-state index contributed by atoms with van der Waals surface area (Å²) < 4.78 is 2.24. The first-order valence-corrected chi connectivity index (χ1v) is 11.3. The van der Waals surface area contributed by atoms with Gasteiger partial charge < -0.3 is 20.9 Å². The SMILES string of the molecule is N[C@@H]1CCCN(c2c(Br)cnc3[nH]cc(NC(=O)c4ccc(=O)n(CC5CC5)n4)c23)C1. The molecule has 1 atom stereocenters. The van der Waals surface area contributed by atoms with Crippen LogP contribution in [-0.4, -0.2) is 44.8 Å². The first-order chi connectivity index (χ1) is 15.0. The molecule has 10 heteroatoms. The summed E-state index contributed by atoms with van der Waals surface area (Å²) in [6, 6.07) is 2.98. The van der Waals surface area contributed by atoms with Gasteiger partial charge in [0, 0.05) is 44.1 Å². The number of amides is 1. The van der Waals surface area contributed by atoms with Gasteiger partial charge in [0.1, 0.15) is 11.3 Å². The summed E-state index contributed by atoms with van der Waals surface area (Å²) in [4.78, 5) is 34.9. The number of piperidine rings is 1. The van der Waals surface area contributed by atoms with E-state index in [0.717, 1.165) is 54.3 Å². The molecule has 2 fully saturated rings. The van der Waals surface area contributed by atoms with Crippen LogP contribution in [0.5, 0.6) is 0 Å². The maximum Gasteiger partial charge on any atom is 0.276 e. The number of aromatic nitrogens is 4. The maximum absolute atomic E-state index is 13.0. The number of nitrogens with two attached hydrogens (primary N) is 1. The van der Waals surface area contributed by atoms with Gasteiger partial charge in [0.2, 0.25) is 0 Å². The summed E-state index contributed by atoms with van der Waals surface area (Å²) in [7, 11) is 0. The molecule has 0 aromatic carbocycles. The summed E-state index contributed by atoms with van der Waals surface area (Å²) in [6.07, 6.45) is 7.71. The Morgan fingerprint density at radius 2 is 2.16 bits per heavy atom. The van der Waals surface area contributed by atoms with E-state index in [1.165, 1.54) is 16.8 Å². The van der Waals surface area contributed by atoms with Crippen molar-refractivity contribution in [1.29, 1.82) is 0 Å². The minimum Gasteiger partial charge on any atom is -0.368 e. The third kappa shape index (κ3) is 4.09. The fourth-order valence-corrected chi connectivity index (χ4v) is 4.66. The number of nitrogens with zero attached hydrogens (tertiary/aromatic N) is 4. The molecule has 9 nitrogen and oxygen atoms in total. The van der Waals surface area contributed by atoms with Gasteiger partial charge in [0.05, 0.1) is 21.2 Å². The van der Waals surface area contributed by atoms with E-state index in [4.69, 9.17) is 5.73 Å². The van der Waals surface area contributed by atoms with Crippen molar-refractivity contribution in [2.45, 2.75) is 38.3 Å². The maximum atomic E-state index is 13.0. The Balaban J connectivity index is 1.47. The van der Waals surface area contributed by atoms with Gasteiger partial charge in [-0.25, -0.2) is 9.67 Å². The number of H-pyrrole nitrogens is 1. The number of pyridine rings is 1. The van der Waals surface area contributed by atoms with Crippen LogP contribution in [0.2, 0.25) is 0 Å². The molecular formula is C21H24BrN7O2. The Morgan fingerprint density at radius 3 is 2.94 bits per heavy atom. The monoisotopic (exact) mass is 485 g/mol. The second kappa shape index (κ2) is 8.08. The molecule has 5 rings (SSSR count). The van der Waals surface area contributed by atoms with Gasteiger partial charge in [-0.05, 0) is 53.6 Å². The van der Waals surface area contributed by atoms with E-state index in [2.05, 4.69) is 41.2 Å². The number of hydrogen-bond donors (Lipinski definition) is 3. The number of nitrogens with one attached hydrogen (secondary N) is 2. The van der Waals surface area contributed by atoms with Gasteiger partial charge >= 0.3 is 0 Å². The number of anilines is 2. The van der Waals surface area contributed by atoms with Crippen LogP contribution >= 0.6 is 15.9 Å². The van der Waals surface area contributed by atoms with E-state index >= 15 is 0 Å². The van der Waals surface area contributed by atoms with Crippen LogP contribution in [0, 0.1) is 5.92 Å². The summed E-state index contributed by atoms with van der Waals surface area (Å²) in [5, 5.41) is 8.05. The zero-order valence-corrected chi connectivity index (χ0v) is 18.6. The molecule has 0 spiro atoms. The quantitative estimate of drug-likeness (QED) is 0.510. The van der Waals surface area contributed by atoms with Crippen molar-refractivity contribution < 1.29 is 4.79 Å². The molecule has 1 saturated carbocycles. The second-order valence-corrected chi connectivity index (χ2v) is 9.22. The fourth-order valence-electron chi connectivity index (χ4n) is 4.11. The summed E-state index contributed by atoms with van der Waals surface area (Å²) in [6.45, 7) is 2.19. The smallest absolute Gasteiger partial charge is 0.276 e. The number of fused-ring (bicyclic) bond motifs is 1.